The first-order chi connectivity index (χ1) is 6.81. The zero-order chi connectivity index (χ0) is 9.97. The molecule has 2 rings (SSSR count). The molecule has 1 nitrogen and oxygen atoms in total. The first-order valence-corrected chi connectivity index (χ1v) is 5.53. The molecule has 0 aromatic heterocycles. The van der Waals surface area contributed by atoms with Gasteiger partial charge in [-0.25, -0.2) is 0 Å². The second kappa shape index (κ2) is 4.33. The van der Waals surface area contributed by atoms with Crippen molar-refractivity contribution in [2.75, 3.05) is 6.61 Å². The van der Waals surface area contributed by atoms with Crippen molar-refractivity contribution in [1.29, 1.82) is 0 Å². The minimum absolute atomic E-state index is 0.288. The van der Waals surface area contributed by atoms with E-state index in [4.69, 9.17) is 11.6 Å². The van der Waals surface area contributed by atoms with Crippen molar-refractivity contribution in [3.05, 3.63) is 34.9 Å². The molecule has 2 heteroatoms. The fraction of sp³-hybridized carbons (Fsp3) is 0.500. The Kier molecular flexibility index (Phi) is 3.09. The summed E-state index contributed by atoms with van der Waals surface area (Å²) in [7, 11) is 0. The Morgan fingerprint density at radius 1 is 1.36 bits per heavy atom. The number of aliphatic hydroxyl groups excluding tert-OH is 1. The van der Waals surface area contributed by atoms with Crippen molar-refractivity contribution >= 4 is 11.6 Å². The van der Waals surface area contributed by atoms with Gasteiger partial charge in [-0.3, -0.25) is 0 Å². The zero-order valence-electron chi connectivity index (χ0n) is 8.12. The van der Waals surface area contributed by atoms with Gasteiger partial charge in [0.1, 0.15) is 0 Å². The van der Waals surface area contributed by atoms with Crippen molar-refractivity contribution in [3.63, 3.8) is 0 Å². The largest absolute Gasteiger partial charge is 0.396 e. The van der Waals surface area contributed by atoms with Gasteiger partial charge in [0.25, 0.3) is 0 Å². The number of halogens is 1. The topological polar surface area (TPSA) is 20.2 Å². The van der Waals surface area contributed by atoms with E-state index in [1.807, 2.05) is 24.3 Å². The molecule has 1 unspecified atom stereocenters. The lowest BCUT2D eigenvalue weighted by molar-refractivity contribution is 0.209. The van der Waals surface area contributed by atoms with Gasteiger partial charge in [-0.2, -0.15) is 0 Å². The molecule has 1 aliphatic rings. The first kappa shape index (κ1) is 10.0. The predicted octanol–water partition coefficient (Wildman–Crippen LogP) is 2.90. The Balaban J connectivity index is 2.04. The van der Waals surface area contributed by atoms with Crippen LogP contribution in [0.1, 0.15) is 18.4 Å². The van der Waals surface area contributed by atoms with E-state index in [1.54, 1.807) is 0 Å². The molecular weight excluding hydrogens is 196 g/mol. The Hall–Kier alpha value is -0.530. The maximum Gasteiger partial charge on any atom is 0.0465 e. The van der Waals surface area contributed by atoms with Crippen LogP contribution in [0.25, 0.3) is 0 Å². The fourth-order valence-electron chi connectivity index (χ4n) is 1.89. The highest BCUT2D eigenvalue weighted by molar-refractivity contribution is 6.31. The molecule has 1 aromatic carbocycles. The average molecular weight is 211 g/mol. The monoisotopic (exact) mass is 210 g/mol. The van der Waals surface area contributed by atoms with Gasteiger partial charge < -0.3 is 5.11 Å². The van der Waals surface area contributed by atoms with Crippen LogP contribution in [-0.4, -0.2) is 11.7 Å². The highest BCUT2D eigenvalue weighted by Crippen LogP contribution is 2.38. The lowest BCUT2D eigenvalue weighted by Crippen LogP contribution is -2.12. The molecule has 0 saturated heterocycles. The summed E-state index contributed by atoms with van der Waals surface area (Å²) in [5.41, 5.74) is 1.17. The SMILES string of the molecule is OCC(Cc1ccccc1Cl)C1CC1. The van der Waals surface area contributed by atoms with Gasteiger partial charge in [0.05, 0.1) is 0 Å². The van der Waals surface area contributed by atoms with Crippen LogP contribution in [0, 0.1) is 11.8 Å². The lowest BCUT2D eigenvalue weighted by atomic mass is 9.96. The van der Waals surface area contributed by atoms with Crippen molar-refractivity contribution in [2.45, 2.75) is 19.3 Å². The zero-order valence-corrected chi connectivity index (χ0v) is 8.87. The lowest BCUT2D eigenvalue weighted by Gasteiger charge is -2.13. The molecule has 0 amide bonds. The number of rotatable bonds is 4. The maximum atomic E-state index is 9.25. The van der Waals surface area contributed by atoms with Crippen LogP contribution in [0.15, 0.2) is 24.3 Å². The Bertz CT molecular complexity index is 307. The summed E-state index contributed by atoms with van der Waals surface area (Å²) < 4.78 is 0. The average Bonchev–Trinajstić information content (AvgIpc) is 3.00. The molecule has 0 bridgehead atoms. The molecule has 1 N–H and O–H groups in total. The number of aliphatic hydroxyl groups is 1. The van der Waals surface area contributed by atoms with E-state index in [0.717, 1.165) is 17.4 Å². The maximum absolute atomic E-state index is 9.25. The van der Waals surface area contributed by atoms with Crippen LogP contribution in [0.5, 0.6) is 0 Å². The minimum Gasteiger partial charge on any atom is -0.396 e. The second-order valence-electron chi connectivity index (χ2n) is 4.08. The standard InChI is InChI=1S/C12H15ClO/c13-12-4-2-1-3-10(12)7-11(8-14)9-5-6-9/h1-4,9,11,14H,5-8H2. The Morgan fingerprint density at radius 2 is 2.07 bits per heavy atom. The molecule has 1 saturated carbocycles. The van der Waals surface area contributed by atoms with Crippen molar-refractivity contribution in [1.82, 2.24) is 0 Å². The summed E-state index contributed by atoms with van der Waals surface area (Å²) in [5, 5.41) is 10.1. The highest BCUT2D eigenvalue weighted by Gasteiger charge is 2.30. The van der Waals surface area contributed by atoms with Gasteiger partial charge in [-0.15, -0.1) is 0 Å². The predicted molar refractivity (Wildman–Crippen MR) is 58.5 cm³/mol. The summed E-state index contributed by atoms with van der Waals surface area (Å²) in [6.45, 7) is 0.288. The summed E-state index contributed by atoms with van der Waals surface area (Å²) >= 11 is 6.07. The number of hydrogen-bond donors (Lipinski definition) is 1. The van der Waals surface area contributed by atoms with Gasteiger partial charge in [0, 0.05) is 11.6 Å². The number of hydrogen-bond acceptors (Lipinski definition) is 1. The molecule has 76 valence electrons. The summed E-state index contributed by atoms with van der Waals surface area (Å²) in [5.74, 6) is 1.14. The van der Waals surface area contributed by atoms with Crippen LogP contribution in [-0.2, 0) is 6.42 Å². The van der Waals surface area contributed by atoms with E-state index in [1.165, 1.54) is 18.4 Å². The molecule has 14 heavy (non-hydrogen) atoms. The molecule has 1 atom stereocenters. The van der Waals surface area contributed by atoms with Gasteiger partial charge >= 0.3 is 0 Å². The van der Waals surface area contributed by atoms with Crippen LogP contribution >= 0.6 is 11.6 Å². The first-order valence-electron chi connectivity index (χ1n) is 5.15. The Morgan fingerprint density at radius 3 is 2.64 bits per heavy atom. The third-order valence-corrected chi connectivity index (χ3v) is 3.33. The Labute approximate surface area is 89.7 Å². The molecule has 0 aliphatic heterocycles. The van der Waals surface area contributed by atoms with E-state index in [9.17, 15) is 5.11 Å². The smallest absolute Gasteiger partial charge is 0.0465 e. The molecular formula is C12H15ClO. The summed E-state index contributed by atoms with van der Waals surface area (Å²) in [6.07, 6.45) is 3.46. The van der Waals surface area contributed by atoms with Crippen molar-refractivity contribution in [3.8, 4) is 0 Å². The van der Waals surface area contributed by atoms with Gasteiger partial charge in [0.15, 0.2) is 0 Å². The molecule has 0 heterocycles. The minimum atomic E-state index is 0.288. The molecule has 0 radical (unpaired) electrons. The number of benzene rings is 1. The van der Waals surface area contributed by atoms with E-state index in [-0.39, 0.29) is 6.61 Å². The fourth-order valence-corrected chi connectivity index (χ4v) is 2.11. The van der Waals surface area contributed by atoms with E-state index in [0.29, 0.717) is 5.92 Å². The quantitative estimate of drug-likeness (QED) is 0.811. The molecule has 1 fully saturated rings. The molecule has 0 spiro atoms. The second-order valence-corrected chi connectivity index (χ2v) is 4.48. The van der Waals surface area contributed by atoms with Crippen molar-refractivity contribution < 1.29 is 5.11 Å². The normalized spacial score (nSPS) is 18.1. The van der Waals surface area contributed by atoms with Gasteiger partial charge in [-0.05, 0) is 42.7 Å². The summed E-state index contributed by atoms with van der Waals surface area (Å²) in [4.78, 5) is 0. The van der Waals surface area contributed by atoms with Crippen molar-refractivity contribution in [2.24, 2.45) is 11.8 Å². The van der Waals surface area contributed by atoms with E-state index in [2.05, 4.69) is 0 Å². The van der Waals surface area contributed by atoms with Crippen LogP contribution < -0.4 is 0 Å². The highest BCUT2D eigenvalue weighted by atomic mass is 35.5. The molecule has 1 aliphatic carbocycles. The molecule has 1 aromatic rings. The van der Waals surface area contributed by atoms with Gasteiger partial charge in [0.2, 0.25) is 0 Å². The van der Waals surface area contributed by atoms with Crippen LogP contribution in [0.3, 0.4) is 0 Å². The van der Waals surface area contributed by atoms with Crippen LogP contribution in [0.4, 0.5) is 0 Å². The van der Waals surface area contributed by atoms with E-state index >= 15 is 0 Å². The van der Waals surface area contributed by atoms with Gasteiger partial charge in [-0.1, -0.05) is 29.8 Å². The third-order valence-electron chi connectivity index (χ3n) is 2.96. The third kappa shape index (κ3) is 2.28. The summed E-state index contributed by atoms with van der Waals surface area (Å²) in [6, 6.07) is 7.91. The van der Waals surface area contributed by atoms with E-state index < -0.39 is 0 Å². The van der Waals surface area contributed by atoms with Crippen LogP contribution in [0.2, 0.25) is 5.02 Å².